The normalized spacial score (nSPS) is 17.7. The van der Waals surface area contributed by atoms with Gasteiger partial charge in [0.2, 0.25) is 0 Å². The standard InChI is InChI=1S/C21H27N3O.C13H21NO.C2H6/c1-5-14(3)9-10-25-20-8-7-17(11-16(20)6-2)18-12-19-21(22-13-18)24-15(4)23-19;1-5-14-10(3)13-7-6-12(11(4)15)8-9(13)2;1-2/h7-8,11-14H,5-6,9-10H2,1-4H3,(H,22,23,24);5,11-12,15H,2,6-8H2,1,3-4H3;1-2H3/b;13-10-,14-5?;. The number of aliphatic hydroxyl groups excluding tert-OH is 1. The smallest absolute Gasteiger partial charge is 0.177 e. The number of aromatic amines is 1. The lowest BCUT2D eigenvalue weighted by molar-refractivity contribution is 0.116. The van der Waals surface area contributed by atoms with Crippen LogP contribution in [0.15, 0.2) is 58.9 Å². The Balaban J connectivity index is 0.000000311. The van der Waals surface area contributed by atoms with Gasteiger partial charge in [-0.25, -0.2) is 9.97 Å². The Kier molecular flexibility index (Phi) is 14.7. The van der Waals surface area contributed by atoms with Gasteiger partial charge in [-0.3, -0.25) is 4.99 Å². The van der Waals surface area contributed by atoms with Crippen molar-refractivity contribution in [2.45, 2.75) is 107 Å². The van der Waals surface area contributed by atoms with E-state index in [0.29, 0.717) is 11.8 Å². The van der Waals surface area contributed by atoms with E-state index >= 15 is 0 Å². The average molecular weight is 575 g/mol. The fourth-order valence-corrected chi connectivity index (χ4v) is 5.10. The van der Waals surface area contributed by atoms with Gasteiger partial charge in [-0.2, -0.15) is 0 Å². The van der Waals surface area contributed by atoms with Crippen LogP contribution in [-0.2, 0) is 6.42 Å². The minimum Gasteiger partial charge on any atom is -0.493 e. The van der Waals surface area contributed by atoms with Crippen molar-refractivity contribution in [2.75, 3.05) is 6.61 Å². The highest BCUT2D eigenvalue weighted by molar-refractivity contribution is 5.78. The predicted molar refractivity (Wildman–Crippen MR) is 179 cm³/mol. The van der Waals surface area contributed by atoms with Crippen LogP contribution < -0.4 is 4.74 Å². The van der Waals surface area contributed by atoms with Gasteiger partial charge < -0.3 is 14.8 Å². The molecule has 3 unspecified atom stereocenters. The Bertz CT molecular complexity index is 1340. The molecule has 230 valence electrons. The quantitative estimate of drug-likeness (QED) is 0.249. The molecule has 2 N–H and O–H groups in total. The molecular formula is C36H54N4O2. The molecular weight excluding hydrogens is 520 g/mol. The van der Waals surface area contributed by atoms with Crippen molar-refractivity contribution < 1.29 is 9.84 Å². The molecule has 0 aliphatic heterocycles. The summed E-state index contributed by atoms with van der Waals surface area (Å²) in [6.45, 7) is 23.3. The van der Waals surface area contributed by atoms with Crippen molar-refractivity contribution in [2.24, 2.45) is 16.8 Å². The second-order valence-electron chi connectivity index (χ2n) is 11.0. The zero-order valence-electron chi connectivity index (χ0n) is 27.6. The number of H-pyrrole nitrogens is 1. The highest BCUT2D eigenvalue weighted by atomic mass is 16.5. The third kappa shape index (κ3) is 9.94. The summed E-state index contributed by atoms with van der Waals surface area (Å²) in [4.78, 5) is 16.4. The van der Waals surface area contributed by atoms with Crippen molar-refractivity contribution in [3.63, 3.8) is 0 Å². The second-order valence-corrected chi connectivity index (χ2v) is 11.0. The first-order valence-corrected chi connectivity index (χ1v) is 15.8. The van der Waals surface area contributed by atoms with E-state index in [1.54, 1.807) is 0 Å². The first kappa shape index (κ1) is 34.9. The summed E-state index contributed by atoms with van der Waals surface area (Å²) in [5.41, 5.74) is 8.74. The van der Waals surface area contributed by atoms with Crippen LogP contribution in [0.25, 0.3) is 22.3 Å². The van der Waals surface area contributed by atoms with Gasteiger partial charge in [0.25, 0.3) is 0 Å². The van der Waals surface area contributed by atoms with Crippen molar-refractivity contribution in [3.05, 3.63) is 65.3 Å². The highest BCUT2D eigenvalue weighted by Gasteiger charge is 2.24. The van der Waals surface area contributed by atoms with Crippen LogP contribution in [-0.4, -0.2) is 39.0 Å². The summed E-state index contributed by atoms with van der Waals surface area (Å²) in [5, 5.41) is 9.54. The van der Waals surface area contributed by atoms with Crippen molar-refractivity contribution in [1.82, 2.24) is 15.0 Å². The number of pyridine rings is 1. The van der Waals surface area contributed by atoms with Gasteiger partial charge in [0.15, 0.2) is 5.65 Å². The number of imidazole rings is 1. The Hall–Kier alpha value is -3.25. The van der Waals surface area contributed by atoms with Crippen LogP contribution >= 0.6 is 0 Å². The maximum Gasteiger partial charge on any atom is 0.177 e. The van der Waals surface area contributed by atoms with E-state index in [2.05, 4.69) is 71.6 Å². The molecule has 1 aliphatic carbocycles. The number of hydrogen-bond acceptors (Lipinski definition) is 5. The van der Waals surface area contributed by atoms with Crippen LogP contribution in [0.5, 0.6) is 5.75 Å². The molecule has 0 spiro atoms. The third-order valence-corrected chi connectivity index (χ3v) is 7.94. The summed E-state index contributed by atoms with van der Waals surface area (Å²) >= 11 is 0. The number of nitrogens with zero attached hydrogens (tertiary/aromatic N) is 3. The number of allylic oxidation sites excluding steroid dienone is 3. The fraction of sp³-hybridized carbons (Fsp3) is 0.528. The number of aryl methyl sites for hydroxylation is 2. The van der Waals surface area contributed by atoms with Crippen LogP contribution in [0.2, 0.25) is 0 Å². The number of ether oxygens (including phenoxy) is 1. The zero-order chi connectivity index (χ0) is 31.2. The fourth-order valence-electron chi connectivity index (χ4n) is 5.10. The summed E-state index contributed by atoms with van der Waals surface area (Å²) in [6.07, 6.45) is 9.68. The number of fused-ring (bicyclic) bond motifs is 1. The number of hydrogen-bond donors (Lipinski definition) is 2. The van der Waals surface area contributed by atoms with Gasteiger partial charge in [0.05, 0.1) is 18.2 Å². The molecule has 2 aromatic heterocycles. The minimum atomic E-state index is -0.224. The molecule has 6 heteroatoms. The van der Waals surface area contributed by atoms with Gasteiger partial charge in [-0.05, 0) is 112 Å². The summed E-state index contributed by atoms with van der Waals surface area (Å²) in [7, 11) is 0. The monoisotopic (exact) mass is 574 g/mol. The summed E-state index contributed by atoms with van der Waals surface area (Å²) < 4.78 is 6.03. The SMILES string of the molecule is C=C1CC(C(C)O)CC/C1=C(\C)N=CC.CC.CCc1cc(-c2cnc3nc(C)[nH]c3c2)ccc1OCCC(C)CC. The van der Waals surface area contributed by atoms with Gasteiger partial charge >= 0.3 is 0 Å². The zero-order valence-corrected chi connectivity index (χ0v) is 27.6. The van der Waals surface area contributed by atoms with Crippen LogP contribution in [0.3, 0.4) is 0 Å². The third-order valence-electron chi connectivity index (χ3n) is 7.94. The van der Waals surface area contributed by atoms with Gasteiger partial charge in [0, 0.05) is 23.7 Å². The molecule has 0 radical (unpaired) electrons. The molecule has 4 rings (SSSR count). The number of nitrogens with one attached hydrogen (secondary N) is 1. The van der Waals surface area contributed by atoms with Crippen LogP contribution in [0.4, 0.5) is 0 Å². The second kappa shape index (κ2) is 17.6. The first-order valence-electron chi connectivity index (χ1n) is 15.8. The van der Waals surface area contributed by atoms with Gasteiger partial charge in [0.1, 0.15) is 11.6 Å². The van der Waals surface area contributed by atoms with E-state index in [-0.39, 0.29) is 6.10 Å². The summed E-state index contributed by atoms with van der Waals surface area (Å²) in [5.74, 6) is 2.97. The first-order chi connectivity index (χ1) is 20.2. The molecule has 42 heavy (non-hydrogen) atoms. The lowest BCUT2D eigenvalue weighted by atomic mass is 9.79. The Labute approximate surface area is 254 Å². The minimum absolute atomic E-state index is 0.224. The molecule has 1 saturated carbocycles. The molecule has 0 saturated heterocycles. The number of aliphatic hydroxyl groups is 1. The number of benzene rings is 1. The van der Waals surface area contributed by atoms with Crippen molar-refractivity contribution >= 4 is 17.4 Å². The Morgan fingerprint density at radius 3 is 2.57 bits per heavy atom. The molecule has 2 heterocycles. The number of rotatable bonds is 9. The van der Waals surface area contributed by atoms with Crippen LogP contribution in [0.1, 0.15) is 98.9 Å². The number of aliphatic imine (C=N–C) groups is 1. The van der Waals surface area contributed by atoms with Crippen LogP contribution in [0, 0.1) is 18.8 Å². The lowest BCUT2D eigenvalue weighted by Crippen LogP contribution is -2.21. The van der Waals surface area contributed by atoms with E-state index in [1.165, 1.54) is 17.6 Å². The van der Waals surface area contributed by atoms with E-state index in [9.17, 15) is 5.11 Å². The molecule has 1 fully saturated rings. The van der Waals surface area contributed by atoms with Crippen molar-refractivity contribution in [3.8, 4) is 16.9 Å². The topological polar surface area (TPSA) is 83.4 Å². The van der Waals surface area contributed by atoms with E-state index in [1.807, 2.05) is 54.0 Å². The average Bonchev–Trinajstić information content (AvgIpc) is 3.37. The summed E-state index contributed by atoms with van der Waals surface area (Å²) in [6, 6.07) is 8.53. The van der Waals surface area contributed by atoms with E-state index in [0.717, 1.165) is 83.8 Å². The van der Waals surface area contributed by atoms with E-state index in [4.69, 9.17) is 4.74 Å². The van der Waals surface area contributed by atoms with E-state index < -0.39 is 0 Å². The van der Waals surface area contributed by atoms with Crippen molar-refractivity contribution in [1.29, 1.82) is 0 Å². The largest absolute Gasteiger partial charge is 0.493 e. The Morgan fingerprint density at radius 1 is 1.21 bits per heavy atom. The molecule has 1 aliphatic rings. The molecule has 0 bridgehead atoms. The van der Waals surface area contributed by atoms with Gasteiger partial charge in [-0.1, -0.05) is 53.7 Å². The Morgan fingerprint density at radius 2 is 1.95 bits per heavy atom. The molecule has 3 atom stereocenters. The maximum absolute atomic E-state index is 9.54. The predicted octanol–water partition coefficient (Wildman–Crippen LogP) is 9.43. The highest BCUT2D eigenvalue weighted by Crippen LogP contribution is 2.35. The van der Waals surface area contributed by atoms with Gasteiger partial charge in [-0.15, -0.1) is 0 Å². The molecule has 1 aromatic carbocycles. The molecule has 0 amide bonds. The molecule has 6 nitrogen and oxygen atoms in total. The number of aromatic nitrogens is 3. The maximum atomic E-state index is 9.54. The lowest BCUT2D eigenvalue weighted by Gasteiger charge is -2.28. The molecule has 3 aromatic rings.